The third-order valence-electron chi connectivity index (χ3n) is 2.45. The van der Waals surface area contributed by atoms with E-state index in [-0.39, 0.29) is 30.8 Å². The van der Waals surface area contributed by atoms with Gasteiger partial charge in [-0.25, -0.2) is 0 Å². The lowest BCUT2D eigenvalue weighted by Crippen LogP contribution is -2.45. The van der Waals surface area contributed by atoms with Crippen LogP contribution in [-0.2, 0) is 14.3 Å². The zero-order chi connectivity index (χ0) is 11.1. The van der Waals surface area contributed by atoms with Crippen molar-refractivity contribution < 1.29 is 14.3 Å². The highest BCUT2D eigenvalue weighted by Gasteiger charge is 2.15. The monoisotopic (exact) mass is 214 g/mol. The van der Waals surface area contributed by atoms with Crippen LogP contribution < -0.4 is 10.6 Å². The predicted molar refractivity (Wildman–Crippen MR) is 55.3 cm³/mol. The van der Waals surface area contributed by atoms with Gasteiger partial charge in [-0.3, -0.25) is 9.59 Å². The summed E-state index contributed by atoms with van der Waals surface area (Å²) in [4.78, 5) is 22.2. The number of hydrogen-bond acceptors (Lipinski definition) is 4. The van der Waals surface area contributed by atoms with Crippen molar-refractivity contribution in [2.45, 2.75) is 31.7 Å². The molecule has 0 saturated carbocycles. The van der Waals surface area contributed by atoms with E-state index in [0.717, 1.165) is 25.9 Å². The zero-order valence-electron chi connectivity index (χ0n) is 9.04. The van der Waals surface area contributed by atoms with Crippen molar-refractivity contribution in [3.05, 3.63) is 0 Å². The number of carbonyl (C=O) groups is 2. The molecule has 1 fully saturated rings. The Hall–Kier alpha value is -1.10. The first-order valence-electron chi connectivity index (χ1n) is 5.29. The molecule has 1 unspecified atom stereocenters. The van der Waals surface area contributed by atoms with Gasteiger partial charge < -0.3 is 15.4 Å². The van der Waals surface area contributed by atoms with E-state index in [2.05, 4.69) is 15.4 Å². The van der Waals surface area contributed by atoms with Gasteiger partial charge in [-0.15, -0.1) is 0 Å². The van der Waals surface area contributed by atoms with Crippen LogP contribution >= 0.6 is 0 Å². The van der Waals surface area contributed by atoms with Crippen LogP contribution in [0.15, 0.2) is 0 Å². The molecule has 0 aromatic heterocycles. The number of piperidine rings is 1. The van der Waals surface area contributed by atoms with Gasteiger partial charge in [0.15, 0.2) is 0 Å². The molecule has 86 valence electrons. The van der Waals surface area contributed by atoms with Gasteiger partial charge in [0.05, 0.1) is 13.5 Å². The Morgan fingerprint density at radius 1 is 1.47 bits per heavy atom. The maximum atomic E-state index is 11.4. The Labute approximate surface area is 89.6 Å². The van der Waals surface area contributed by atoms with Gasteiger partial charge in [-0.2, -0.15) is 0 Å². The summed E-state index contributed by atoms with van der Waals surface area (Å²) < 4.78 is 4.46. The van der Waals surface area contributed by atoms with E-state index in [1.165, 1.54) is 7.11 Å². The van der Waals surface area contributed by atoms with Crippen molar-refractivity contribution in [1.29, 1.82) is 0 Å². The van der Waals surface area contributed by atoms with E-state index in [0.29, 0.717) is 0 Å². The summed E-state index contributed by atoms with van der Waals surface area (Å²) in [5, 5.41) is 6.10. The quantitative estimate of drug-likeness (QED) is 0.636. The fourth-order valence-electron chi connectivity index (χ4n) is 1.59. The molecule has 1 rings (SSSR count). The second-order valence-electron chi connectivity index (χ2n) is 3.69. The molecular weight excluding hydrogens is 196 g/mol. The number of carbonyl (C=O) groups excluding carboxylic acids is 2. The first-order chi connectivity index (χ1) is 7.22. The summed E-state index contributed by atoms with van der Waals surface area (Å²) in [5.41, 5.74) is 0. The van der Waals surface area contributed by atoms with E-state index in [1.54, 1.807) is 0 Å². The summed E-state index contributed by atoms with van der Waals surface area (Å²) >= 11 is 0. The third kappa shape index (κ3) is 4.78. The van der Waals surface area contributed by atoms with Gasteiger partial charge in [-0.05, 0) is 19.4 Å². The topological polar surface area (TPSA) is 67.4 Å². The summed E-state index contributed by atoms with van der Waals surface area (Å²) in [6.07, 6.45) is 2.46. The van der Waals surface area contributed by atoms with Crippen LogP contribution in [0.25, 0.3) is 0 Å². The minimum Gasteiger partial charge on any atom is -0.469 e. The summed E-state index contributed by atoms with van der Waals surface area (Å²) in [7, 11) is 1.32. The molecule has 0 aromatic rings. The highest BCUT2D eigenvalue weighted by molar-refractivity contribution is 5.81. The lowest BCUT2D eigenvalue weighted by Gasteiger charge is -2.23. The summed E-state index contributed by atoms with van der Waals surface area (Å²) in [6.45, 7) is 1.85. The van der Waals surface area contributed by atoms with Crippen molar-refractivity contribution in [2.75, 3.05) is 20.2 Å². The van der Waals surface area contributed by atoms with Crippen LogP contribution in [-0.4, -0.2) is 38.1 Å². The van der Waals surface area contributed by atoms with Crippen LogP contribution in [0.1, 0.15) is 25.7 Å². The molecule has 1 aliphatic heterocycles. The molecule has 1 amide bonds. The molecule has 0 spiro atoms. The number of esters is 1. The number of methoxy groups -OCH3 is 1. The van der Waals surface area contributed by atoms with Crippen molar-refractivity contribution in [2.24, 2.45) is 0 Å². The van der Waals surface area contributed by atoms with Crippen LogP contribution in [0.2, 0.25) is 0 Å². The fourth-order valence-corrected chi connectivity index (χ4v) is 1.59. The molecule has 0 aromatic carbocycles. The molecule has 0 aliphatic carbocycles. The average molecular weight is 214 g/mol. The molecule has 2 N–H and O–H groups in total. The lowest BCUT2D eigenvalue weighted by atomic mass is 10.1. The second-order valence-corrected chi connectivity index (χ2v) is 3.69. The van der Waals surface area contributed by atoms with E-state index in [1.807, 2.05) is 0 Å². The number of ether oxygens (including phenoxy) is 1. The SMILES string of the molecule is COC(=O)CCC(=O)NC1CCCNC1. The maximum absolute atomic E-state index is 11.4. The van der Waals surface area contributed by atoms with Gasteiger partial charge in [0.1, 0.15) is 0 Å². The minimum atomic E-state index is -0.341. The molecule has 5 heteroatoms. The summed E-state index contributed by atoms with van der Waals surface area (Å²) in [6, 6.07) is 0.212. The Balaban J connectivity index is 2.14. The Morgan fingerprint density at radius 2 is 2.27 bits per heavy atom. The minimum absolute atomic E-state index is 0.0749. The highest BCUT2D eigenvalue weighted by atomic mass is 16.5. The second kappa shape index (κ2) is 6.40. The highest BCUT2D eigenvalue weighted by Crippen LogP contribution is 2.02. The van der Waals surface area contributed by atoms with E-state index < -0.39 is 0 Å². The van der Waals surface area contributed by atoms with E-state index in [9.17, 15) is 9.59 Å². The van der Waals surface area contributed by atoms with Crippen LogP contribution in [0.4, 0.5) is 0 Å². The normalized spacial score (nSPS) is 20.7. The molecular formula is C10H18N2O3. The van der Waals surface area contributed by atoms with Gasteiger partial charge in [0.25, 0.3) is 0 Å². The lowest BCUT2D eigenvalue weighted by molar-refractivity contribution is -0.142. The van der Waals surface area contributed by atoms with Crippen LogP contribution in [0.3, 0.4) is 0 Å². The van der Waals surface area contributed by atoms with Crippen LogP contribution in [0.5, 0.6) is 0 Å². The first kappa shape index (κ1) is 12.0. The van der Waals surface area contributed by atoms with Crippen molar-refractivity contribution >= 4 is 11.9 Å². The van der Waals surface area contributed by atoms with E-state index >= 15 is 0 Å². The van der Waals surface area contributed by atoms with Crippen molar-refractivity contribution in [1.82, 2.24) is 10.6 Å². The smallest absolute Gasteiger partial charge is 0.306 e. The standard InChI is InChI=1S/C10H18N2O3/c1-15-10(14)5-4-9(13)12-8-3-2-6-11-7-8/h8,11H,2-7H2,1H3,(H,12,13). The zero-order valence-corrected chi connectivity index (χ0v) is 9.04. The predicted octanol–water partition coefficient (Wildman–Crippen LogP) is -0.192. The molecule has 5 nitrogen and oxygen atoms in total. The largest absolute Gasteiger partial charge is 0.469 e. The number of hydrogen-bond donors (Lipinski definition) is 2. The van der Waals surface area contributed by atoms with Gasteiger partial charge in [-0.1, -0.05) is 0 Å². The molecule has 0 radical (unpaired) electrons. The van der Waals surface area contributed by atoms with Gasteiger partial charge in [0.2, 0.25) is 5.91 Å². The van der Waals surface area contributed by atoms with Gasteiger partial charge >= 0.3 is 5.97 Å². The Bertz CT molecular complexity index is 225. The molecule has 1 saturated heterocycles. The number of rotatable bonds is 4. The fraction of sp³-hybridized carbons (Fsp3) is 0.800. The van der Waals surface area contributed by atoms with Gasteiger partial charge in [0, 0.05) is 19.0 Å². The summed E-state index contributed by atoms with van der Waals surface area (Å²) in [5.74, 6) is -0.416. The number of amides is 1. The molecule has 1 aliphatic rings. The van der Waals surface area contributed by atoms with Crippen molar-refractivity contribution in [3.63, 3.8) is 0 Å². The first-order valence-corrected chi connectivity index (χ1v) is 5.29. The van der Waals surface area contributed by atoms with E-state index in [4.69, 9.17) is 0 Å². The average Bonchev–Trinajstić information content (AvgIpc) is 2.27. The molecule has 1 heterocycles. The maximum Gasteiger partial charge on any atom is 0.306 e. The van der Waals surface area contributed by atoms with Crippen molar-refractivity contribution in [3.8, 4) is 0 Å². The molecule has 15 heavy (non-hydrogen) atoms. The molecule has 0 bridgehead atoms. The Kier molecular flexibility index (Phi) is 5.10. The Morgan fingerprint density at radius 3 is 2.87 bits per heavy atom. The molecule has 1 atom stereocenters. The number of nitrogens with one attached hydrogen (secondary N) is 2. The third-order valence-corrected chi connectivity index (χ3v) is 2.45. The van der Waals surface area contributed by atoms with Crippen LogP contribution in [0, 0.1) is 0 Å².